The van der Waals surface area contributed by atoms with Crippen molar-refractivity contribution in [3.63, 3.8) is 0 Å². The van der Waals surface area contributed by atoms with Crippen LogP contribution >= 0.6 is 0 Å². The minimum Gasteiger partial charge on any atom is -0.459 e. The molecule has 0 atom stereocenters. The number of carbonyl (C=O) groups is 6. The molecule has 0 spiro atoms. The number of ether oxygens (including phenoxy) is 7. The summed E-state index contributed by atoms with van der Waals surface area (Å²) in [5, 5.41) is 0. The molecule has 426 valence electrons. The van der Waals surface area contributed by atoms with Crippen LogP contribution in [-0.4, -0.2) is 162 Å². The third-order valence-electron chi connectivity index (χ3n) is 8.30. The molecule has 0 aliphatic rings. The lowest BCUT2D eigenvalue weighted by Gasteiger charge is -2.35. The van der Waals surface area contributed by atoms with Gasteiger partial charge in [-0.3, -0.25) is 43.5 Å². The van der Waals surface area contributed by atoms with Crippen LogP contribution in [0.1, 0.15) is 203 Å². The van der Waals surface area contributed by atoms with Crippen molar-refractivity contribution in [2.24, 2.45) is 10.8 Å². The fourth-order valence-corrected chi connectivity index (χ4v) is 5.24. The average molecular weight is 1020 g/mol. The van der Waals surface area contributed by atoms with Gasteiger partial charge in [-0.2, -0.15) is 0 Å². The Morgan fingerprint density at radius 1 is 0.310 bits per heavy atom. The summed E-state index contributed by atoms with van der Waals surface area (Å²) in [5.74, 6) is -2.26. The number of ketones is 1. The van der Waals surface area contributed by atoms with E-state index in [1.807, 2.05) is 94.9 Å². The van der Waals surface area contributed by atoms with Gasteiger partial charge in [-0.05, 0) is 152 Å². The second-order valence-corrected chi connectivity index (χ2v) is 25.6. The predicted octanol–water partition coefficient (Wildman–Crippen LogP) is 10.4. The second-order valence-electron chi connectivity index (χ2n) is 25.6. The highest BCUT2D eigenvalue weighted by atomic mass is 16.6. The van der Waals surface area contributed by atoms with Crippen molar-refractivity contribution in [1.29, 1.82) is 0 Å². The molecule has 16 nitrogen and oxygen atoms in total. The van der Waals surface area contributed by atoms with E-state index in [2.05, 4.69) is 0 Å². The molecule has 0 saturated heterocycles. The molecule has 0 aliphatic heterocycles. The van der Waals surface area contributed by atoms with Crippen LogP contribution in [0.15, 0.2) is 0 Å². The molecule has 0 aliphatic carbocycles. The Morgan fingerprint density at radius 3 is 0.761 bits per heavy atom. The maximum Gasteiger partial charge on any atom is 0.320 e. The normalized spacial score (nSPS) is 12.7. The summed E-state index contributed by atoms with van der Waals surface area (Å²) < 4.78 is 39.2. The molecule has 0 saturated carbocycles. The number of hydrogen-bond acceptors (Lipinski definition) is 16. The van der Waals surface area contributed by atoms with Gasteiger partial charge in [0.15, 0.2) is 5.78 Å². The topological polar surface area (TPSA) is 177 Å². The smallest absolute Gasteiger partial charge is 0.320 e. The Bertz CT molecular complexity index is 1520. The van der Waals surface area contributed by atoms with Crippen LogP contribution in [-0.2, 0) is 61.9 Å². The summed E-state index contributed by atoms with van der Waals surface area (Å²) in [4.78, 5) is 81.7. The van der Waals surface area contributed by atoms with Crippen molar-refractivity contribution in [2.75, 3.05) is 72.1 Å². The molecule has 0 aromatic rings. The summed E-state index contributed by atoms with van der Waals surface area (Å²) in [6, 6.07) is 0. The van der Waals surface area contributed by atoms with E-state index in [4.69, 9.17) is 33.2 Å². The number of nitrogens with zero attached hydrogens (tertiary/aromatic N) is 3. The average Bonchev–Trinajstić information content (AvgIpc) is 3.02. The fraction of sp³-hybridized carbons (Fsp3) is 0.891. The lowest BCUT2D eigenvalue weighted by molar-refractivity contribution is -0.182. The minimum absolute atomic E-state index is 0. The number of hydrogen-bond donors (Lipinski definition) is 0. The minimum atomic E-state index is -0.826. The highest BCUT2D eigenvalue weighted by Gasteiger charge is 2.40. The Balaban J connectivity index is -0.000000357. The van der Waals surface area contributed by atoms with Crippen LogP contribution in [0.2, 0.25) is 0 Å². The molecule has 0 aromatic carbocycles. The first-order valence-electron chi connectivity index (χ1n) is 23.6. The SMILES string of the molecule is C.C.C.C.CC(C)(C)OC(=O)CN(CCN(CC(=O)OC(C)(C)C)CC(=O)OC(C)(C)C)CCN(CC(=O)OC(C)(C)C)CC(=O)C(C)(C)C.CC(C)(C)OCC(C)(COC(C)(C)C)C(=O)OC(C)(C)C. The van der Waals surface area contributed by atoms with E-state index in [-0.39, 0.29) is 125 Å². The van der Waals surface area contributed by atoms with Crippen LogP contribution in [0, 0.1) is 10.8 Å². The van der Waals surface area contributed by atoms with E-state index in [0.717, 1.165) is 0 Å². The molecule has 0 aromatic heterocycles. The molecule has 0 radical (unpaired) electrons. The van der Waals surface area contributed by atoms with Gasteiger partial charge in [0.05, 0.1) is 57.1 Å². The summed E-state index contributed by atoms with van der Waals surface area (Å²) in [7, 11) is 0. The van der Waals surface area contributed by atoms with E-state index in [9.17, 15) is 28.8 Å². The zero-order valence-corrected chi connectivity index (χ0v) is 46.9. The number of rotatable bonds is 21. The highest BCUT2D eigenvalue weighted by molar-refractivity contribution is 5.86. The third-order valence-corrected chi connectivity index (χ3v) is 8.30. The molecule has 16 heteroatoms. The molecular formula is C55H113N3O13. The van der Waals surface area contributed by atoms with Gasteiger partial charge in [0, 0.05) is 31.6 Å². The lowest BCUT2D eigenvalue weighted by atomic mass is 9.90. The van der Waals surface area contributed by atoms with Crippen LogP contribution in [0.25, 0.3) is 0 Å². The Hall–Kier alpha value is -3.18. The van der Waals surface area contributed by atoms with Gasteiger partial charge < -0.3 is 33.2 Å². The van der Waals surface area contributed by atoms with Crippen molar-refractivity contribution in [3.05, 3.63) is 0 Å². The van der Waals surface area contributed by atoms with Gasteiger partial charge in [0.25, 0.3) is 0 Å². The van der Waals surface area contributed by atoms with E-state index in [1.165, 1.54) is 0 Å². The van der Waals surface area contributed by atoms with Crippen LogP contribution in [0.4, 0.5) is 0 Å². The van der Waals surface area contributed by atoms with Crippen molar-refractivity contribution < 1.29 is 61.9 Å². The number of esters is 5. The van der Waals surface area contributed by atoms with Crippen molar-refractivity contribution in [1.82, 2.24) is 14.7 Å². The molecule has 0 bridgehead atoms. The summed E-state index contributed by atoms with van der Waals surface area (Å²) in [6.45, 7) is 47.0. The Kier molecular flexibility index (Phi) is 35.2. The molecule has 0 unspecified atom stereocenters. The van der Waals surface area contributed by atoms with Crippen molar-refractivity contribution >= 4 is 35.6 Å². The first kappa shape index (κ1) is 79.2. The van der Waals surface area contributed by atoms with Gasteiger partial charge in [-0.25, -0.2) is 0 Å². The maximum absolute atomic E-state index is 13.0. The van der Waals surface area contributed by atoms with E-state index in [1.54, 1.807) is 92.9 Å². The molecule has 0 amide bonds. The third kappa shape index (κ3) is 46.4. The Morgan fingerprint density at radius 2 is 0.535 bits per heavy atom. The van der Waals surface area contributed by atoms with Gasteiger partial charge in [-0.15, -0.1) is 0 Å². The van der Waals surface area contributed by atoms with Gasteiger partial charge in [0.1, 0.15) is 33.4 Å². The van der Waals surface area contributed by atoms with Crippen molar-refractivity contribution in [2.45, 2.75) is 242 Å². The molecule has 0 heterocycles. The van der Waals surface area contributed by atoms with Gasteiger partial charge >= 0.3 is 29.8 Å². The highest BCUT2D eigenvalue weighted by Crippen LogP contribution is 2.28. The number of Topliss-reactive ketones (excluding diaryl/α,β-unsaturated/α-hetero) is 1. The van der Waals surface area contributed by atoms with Crippen molar-refractivity contribution in [3.8, 4) is 0 Å². The predicted molar refractivity (Wildman–Crippen MR) is 289 cm³/mol. The maximum atomic E-state index is 13.0. The van der Waals surface area contributed by atoms with Crippen LogP contribution in [0.3, 0.4) is 0 Å². The van der Waals surface area contributed by atoms with E-state index >= 15 is 0 Å². The lowest BCUT2D eigenvalue weighted by Crippen LogP contribution is -2.48. The molecule has 71 heavy (non-hydrogen) atoms. The zero-order valence-electron chi connectivity index (χ0n) is 46.9. The summed E-state index contributed by atoms with van der Waals surface area (Å²) in [6.07, 6.45) is 0. The standard InChI is InChI=1S/C34H63N3O9.C17H34O4.4CH4/c1-30(2,3)25(38)20-36(22-27(40)44-32(7,8)9)18-16-35(21-26(39)43-31(4,5)6)17-19-37(23-28(41)45-33(10,11)12)24-29(42)46-34(13,14)15;1-14(2,3)19-11-17(10,12-20-15(4,5)6)13(18)21-16(7,8)9;;;;/h16-24H2,1-15H3;11-12H2,1-10H3;4*1H4. The van der Waals surface area contributed by atoms with E-state index < -0.39 is 62.7 Å². The van der Waals surface area contributed by atoms with Gasteiger partial charge in [0.2, 0.25) is 0 Å². The summed E-state index contributed by atoms with van der Waals surface area (Å²) >= 11 is 0. The molecule has 0 fully saturated rings. The quantitative estimate of drug-likeness (QED) is 0.0783. The Labute approximate surface area is 436 Å². The van der Waals surface area contributed by atoms with E-state index in [0.29, 0.717) is 0 Å². The molecule has 0 N–H and O–H groups in total. The fourth-order valence-electron chi connectivity index (χ4n) is 5.24. The number of carbonyl (C=O) groups excluding carboxylic acids is 6. The molecule has 0 rings (SSSR count). The van der Waals surface area contributed by atoms with Gasteiger partial charge in [-0.1, -0.05) is 50.5 Å². The molecular weight excluding hydrogens is 911 g/mol. The van der Waals surface area contributed by atoms with Crippen LogP contribution in [0.5, 0.6) is 0 Å². The second kappa shape index (κ2) is 31.5. The first-order valence-corrected chi connectivity index (χ1v) is 23.6. The zero-order chi connectivity index (χ0) is 53.4. The monoisotopic (exact) mass is 1020 g/mol. The summed E-state index contributed by atoms with van der Waals surface area (Å²) in [5.41, 5.74) is -5.41. The van der Waals surface area contributed by atoms with Crippen LogP contribution < -0.4 is 0 Å². The first-order chi connectivity index (χ1) is 29.5. The largest absolute Gasteiger partial charge is 0.459 e.